The summed E-state index contributed by atoms with van der Waals surface area (Å²) in [5.41, 5.74) is 1.04. The molecule has 2 fully saturated rings. The van der Waals surface area contributed by atoms with E-state index in [2.05, 4.69) is 40.0 Å². The summed E-state index contributed by atoms with van der Waals surface area (Å²) < 4.78 is 0. The van der Waals surface area contributed by atoms with Crippen LogP contribution < -0.4 is 0 Å². The summed E-state index contributed by atoms with van der Waals surface area (Å²) in [6, 6.07) is 3.57. The maximum atomic E-state index is 8.76. The monoisotopic (exact) mass is 304 g/mol. The summed E-state index contributed by atoms with van der Waals surface area (Å²) in [6.07, 6.45) is 4.13. The Balaban J connectivity index is 1.62. The first-order valence-corrected chi connectivity index (χ1v) is 8.79. The first-order chi connectivity index (χ1) is 10.3. The van der Waals surface area contributed by atoms with E-state index in [-0.39, 0.29) is 6.61 Å². The molecule has 2 atom stereocenters. The quantitative estimate of drug-likeness (QED) is 0.848. The van der Waals surface area contributed by atoms with Crippen LogP contribution in [0.4, 0.5) is 0 Å². The van der Waals surface area contributed by atoms with Gasteiger partial charge in [0, 0.05) is 47.5 Å². The van der Waals surface area contributed by atoms with Crippen LogP contribution in [0, 0.1) is 11.8 Å². The molecule has 1 aromatic heterocycles. The van der Waals surface area contributed by atoms with Gasteiger partial charge in [-0.15, -0.1) is 11.3 Å². The standard InChI is InChI=1S/C17H24N2OS/c1-14-10-18-7-3-2-6-16(18)11-19(14)12-17-9-15(13-21-17)5-4-8-20/h9,13-14,16,20H,2-3,6-8,10-12H2,1H3. The van der Waals surface area contributed by atoms with Crippen LogP contribution in [0.1, 0.15) is 36.6 Å². The molecule has 0 spiro atoms. The van der Waals surface area contributed by atoms with Gasteiger partial charge in [-0.3, -0.25) is 9.80 Å². The molecule has 0 radical (unpaired) electrons. The maximum Gasteiger partial charge on any atom is 0.104 e. The SMILES string of the molecule is CC1CN2CCCCC2CN1Cc1cc(C#CCO)cs1. The maximum absolute atomic E-state index is 8.76. The Morgan fingerprint density at radius 1 is 1.38 bits per heavy atom. The molecule has 2 saturated heterocycles. The summed E-state index contributed by atoms with van der Waals surface area (Å²) in [6.45, 7) is 7.04. The Morgan fingerprint density at radius 3 is 3.14 bits per heavy atom. The normalized spacial score (nSPS) is 27.0. The van der Waals surface area contributed by atoms with E-state index in [0.29, 0.717) is 6.04 Å². The fourth-order valence-corrected chi connectivity index (χ4v) is 4.34. The Kier molecular flexibility index (Phi) is 4.97. The predicted octanol–water partition coefficient (Wildman–Crippen LogP) is 2.15. The van der Waals surface area contributed by atoms with E-state index < -0.39 is 0 Å². The molecule has 114 valence electrons. The van der Waals surface area contributed by atoms with E-state index >= 15 is 0 Å². The van der Waals surface area contributed by atoms with Crippen molar-refractivity contribution < 1.29 is 5.11 Å². The molecule has 0 aliphatic carbocycles. The highest BCUT2D eigenvalue weighted by atomic mass is 32.1. The molecular weight excluding hydrogens is 280 g/mol. The van der Waals surface area contributed by atoms with Crippen molar-refractivity contribution in [3.05, 3.63) is 21.9 Å². The average molecular weight is 304 g/mol. The topological polar surface area (TPSA) is 26.7 Å². The third kappa shape index (κ3) is 3.67. The molecule has 0 aromatic carbocycles. The highest BCUT2D eigenvalue weighted by molar-refractivity contribution is 7.10. The lowest BCUT2D eigenvalue weighted by Gasteiger charge is -2.47. The molecule has 3 rings (SSSR count). The van der Waals surface area contributed by atoms with Crippen LogP contribution in [0.2, 0.25) is 0 Å². The Morgan fingerprint density at radius 2 is 2.29 bits per heavy atom. The highest BCUT2D eigenvalue weighted by Gasteiger charge is 2.32. The van der Waals surface area contributed by atoms with E-state index in [9.17, 15) is 0 Å². The molecule has 3 heterocycles. The molecule has 1 N–H and O–H groups in total. The summed E-state index contributed by atoms with van der Waals surface area (Å²) >= 11 is 1.79. The molecule has 3 nitrogen and oxygen atoms in total. The minimum absolute atomic E-state index is 0.0636. The van der Waals surface area contributed by atoms with E-state index in [1.807, 2.05) is 0 Å². The van der Waals surface area contributed by atoms with Crippen molar-refractivity contribution in [2.45, 2.75) is 44.8 Å². The molecule has 2 aliphatic rings. The molecule has 2 unspecified atom stereocenters. The lowest BCUT2D eigenvalue weighted by Crippen LogP contribution is -2.58. The first-order valence-electron chi connectivity index (χ1n) is 7.91. The highest BCUT2D eigenvalue weighted by Crippen LogP contribution is 2.26. The van der Waals surface area contributed by atoms with Crippen molar-refractivity contribution in [3.63, 3.8) is 0 Å². The van der Waals surface area contributed by atoms with Crippen molar-refractivity contribution in [1.82, 2.24) is 9.80 Å². The second-order valence-electron chi connectivity index (χ2n) is 6.18. The number of aliphatic hydroxyl groups excluding tert-OH is 1. The smallest absolute Gasteiger partial charge is 0.104 e. The molecule has 0 saturated carbocycles. The summed E-state index contributed by atoms with van der Waals surface area (Å²) in [5, 5.41) is 10.9. The minimum Gasteiger partial charge on any atom is -0.384 e. The zero-order chi connectivity index (χ0) is 14.7. The molecule has 21 heavy (non-hydrogen) atoms. The zero-order valence-corrected chi connectivity index (χ0v) is 13.5. The van der Waals surface area contributed by atoms with Crippen molar-refractivity contribution in [2.75, 3.05) is 26.2 Å². The van der Waals surface area contributed by atoms with Gasteiger partial charge in [-0.1, -0.05) is 18.3 Å². The number of nitrogens with zero attached hydrogens (tertiary/aromatic N) is 2. The van der Waals surface area contributed by atoms with Gasteiger partial charge in [-0.05, 0) is 32.4 Å². The third-order valence-electron chi connectivity index (χ3n) is 4.64. The van der Waals surface area contributed by atoms with Gasteiger partial charge in [0.05, 0.1) is 0 Å². The second kappa shape index (κ2) is 6.93. The lowest BCUT2D eigenvalue weighted by molar-refractivity contribution is 0.0116. The van der Waals surface area contributed by atoms with Gasteiger partial charge in [-0.25, -0.2) is 0 Å². The van der Waals surface area contributed by atoms with E-state index in [4.69, 9.17) is 5.11 Å². The van der Waals surface area contributed by atoms with Gasteiger partial charge in [0.1, 0.15) is 6.61 Å². The van der Waals surface area contributed by atoms with Gasteiger partial charge >= 0.3 is 0 Å². The summed E-state index contributed by atoms with van der Waals surface area (Å²) in [7, 11) is 0. The van der Waals surface area contributed by atoms with E-state index in [0.717, 1.165) is 18.2 Å². The fraction of sp³-hybridized carbons (Fsp3) is 0.647. The number of fused-ring (bicyclic) bond motifs is 1. The van der Waals surface area contributed by atoms with Crippen LogP contribution in [-0.4, -0.2) is 53.2 Å². The van der Waals surface area contributed by atoms with Crippen LogP contribution in [0.3, 0.4) is 0 Å². The first kappa shape index (κ1) is 15.1. The van der Waals surface area contributed by atoms with Crippen LogP contribution >= 0.6 is 11.3 Å². The molecule has 1 aromatic rings. The van der Waals surface area contributed by atoms with Crippen molar-refractivity contribution in [3.8, 4) is 11.8 Å². The number of thiophene rings is 1. The van der Waals surface area contributed by atoms with Crippen molar-refractivity contribution in [1.29, 1.82) is 0 Å². The van der Waals surface area contributed by atoms with Gasteiger partial charge in [0.2, 0.25) is 0 Å². The van der Waals surface area contributed by atoms with Crippen LogP contribution in [0.25, 0.3) is 0 Å². The Labute approximate surface area is 131 Å². The van der Waals surface area contributed by atoms with Crippen LogP contribution in [-0.2, 0) is 6.54 Å². The van der Waals surface area contributed by atoms with Crippen LogP contribution in [0.5, 0.6) is 0 Å². The number of rotatable bonds is 2. The van der Waals surface area contributed by atoms with Crippen molar-refractivity contribution >= 4 is 11.3 Å². The second-order valence-corrected chi connectivity index (χ2v) is 7.18. The molecule has 2 aliphatic heterocycles. The molecule has 0 amide bonds. The molecular formula is C17H24N2OS. The number of hydrogen-bond donors (Lipinski definition) is 1. The summed E-state index contributed by atoms with van der Waals surface area (Å²) in [4.78, 5) is 6.70. The predicted molar refractivity (Wildman–Crippen MR) is 87.4 cm³/mol. The van der Waals surface area contributed by atoms with Gasteiger partial charge in [0.25, 0.3) is 0 Å². The van der Waals surface area contributed by atoms with E-state index in [1.54, 1.807) is 11.3 Å². The summed E-state index contributed by atoms with van der Waals surface area (Å²) in [5.74, 6) is 5.71. The number of aliphatic hydroxyl groups is 1. The Hall–Kier alpha value is -0.860. The number of piperidine rings is 1. The zero-order valence-electron chi connectivity index (χ0n) is 12.7. The molecule has 0 bridgehead atoms. The largest absolute Gasteiger partial charge is 0.384 e. The third-order valence-corrected chi connectivity index (χ3v) is 5.56. The Bertz CT molecular complexity index is 530. The van der Waals surface area contributed by atoms with Crippen molar-refractivity contribution in [2.24, 2.45) is 0 Å². The minimum atomic E-state index is -0.0636. The van der Waals surface area contributed by atoms with Gasteiger partial charge < -0.3 is 5.11 Å². The lowest BCUT2D eigenvalue weighted by atomic mass is 9.97. The van der Waals surface area contributed by atoms with Gasteiger partial charge in [0.15, 0.2) is 0 Å². The number of hydrogen-bond acceptors (Lipinski definition) is 4. The average Bonchev–Trinajstić information content (AvgIpc) is 2.93. The van der Waals surface area contributed by atoms with Crippen LogP contribution in [0.15, 0.2) is 11.4 Å². The van der Waals surface area contributed by atoms with Gasteiger partial charge in [-0.2, -0.15) is 0 Å². The number of piperazine rings is 1. The molecule has 4 heteroatoms. The van der Waals surface area contributed by atoms with E-state index in [1.165, 1.54) is 43.8 Å². The fourth-order valence-electron chi connectivity index (χ4n) is 3.50.